The summed E-state index contributed by atoms with van der Waals surface area (Å²) in [5.41, 5.74) is 4.12. The molecule has 0 fully saturated rings. The molecular weight excluding hydrogens is 244 g/mol. The van der Waals surface area contributed by atoms with E-state index in [4.69, 9.17) is 4.74 Å². The minimum atomic E-state index is 0.906. The van der Waals surface area contributed by atoms with Crippen LogP contribution in [0.2, 0.25) is 0 Å². The zero-order chi connectivity index (χ0) is 13.5. The Kier molecular flexibility index (Phi) is 2.53. The van der Waals surface area contributed by atoms with E-state index in [1.54, 1.807) is 0 Å². The first-order valence-corrected chi connectivity index (χ1v) is 7.09. The highest BCUT2D eigenvalue weighted by atomic mass is 16.5. The van der Waals surface area contributed by atoms with E-state index in [1.165, 1.54) is 27.5 Å². The van der Waals surface area contributed by atoms with E-state index in [1.807, 2.05) is 12.1 Å². The molecule has 98 valence electrons. The molecule has 0 aliphatic heterocycles. The smallest absolute Gasteiger partial charge is 0.135 e. The van der Waals surface area contributed by atoms with Crippen LogP contribution in [0.4, 0.5) is 0 Å². The molecule has 0 N–H and O–H groups in total. The Labute approximate surface area is 118 Å². The molecule has 1 aliphatic rings. The van der Waals surface area contributed by atoms with E-state index in [9.17, 15) is 0 Å². The van der Waals surface area contributed by atoms with Crippen molar-refractivity contribution in [3.8, 4) is 11.5 Å². The minimum absolute atomic E-state index is 0.906. The van der Waals surface area contributed by atoms with Gasteiger partial charge in [-0.25, -0.2) is 0 Å². The molecule has 0 radical (unpaired) electrons. The lowest BCUT2D eigenvalue weighted by molar-refractivity contribution is 0.488. The van der Waals surface area contributed by atoms with Crippen molar-refractivity contribution < 1.29 is 4.74 Å². The summed E-state index contributed by atoms with van der Waals surface area (Å²) >= 11 is 0. The van der Waals surface area contributed by atoms with Gasteiger partial charge in [-0.1, -0.05) is 36.4 Å². The first-order valence-electron chi connectivity index (χ1n) is 7.09. The van der Waals surface area contributed by atoms with Crippen LogP contribution in [0.25, 0.3) is 10.8 Å². The molecule has 1 heteroatoms. The highest BCUT2D eigenvalue weighted by Crippen LogP contribution is 2.37. The van der Waals surface area contributed by atoms with Crippen molar-refractivity contribution in [3.63, 3.8) is 0 Å². The summed E-state index contributed by atoms with van der Waals surface area (Å²) in [4.78, 5) is 0. The third kappa shape index (κ3) is 1.78. The van der Waals surface area contributed by atoms with Gasteiger partial charge in [-0.05, 0) is 60.0 Å². The summed E-state index contributed by atoms with van der Waals surface area (Å²) in [7, 11) is 0. The van der Waals surface area contributed by atoms with Gasteiger partial charge in [0, 0.05) is 5.39 Å². The molecule has 0 unspecified atom stereocenters. The second-order valence-electron chi connectivity index (χ2n) is 5.48. The number of benzene rings is 3. The minimum Gasteiger partial charge on any atom is -0.457 e. The normalized spacial score (nSPS) is 12.8. The van der Waals surface area contributed by atoms with E-state index >= 15 is 0 Å². The van der Waals surface area contributed by atoms with Crippen molar-refractivity contribution in [2.24, 2.45) is 0 Å². The predicted octanol–water partition coefficient (Wildman–Crippen LogP) is 5.04. The zero-order valence-corrected chi connectivity index (χ0v) is 11.5. The molecule has 0 amide bonds. The quantitative estimate of drug-likeness (QED) is 0.627. The van der Waals surface area contributed by atoms with Crippen molar-refractivity contribution in [3.05, 3.63) is 71.3 Å². The van der Waals surface area contributed by atoms with Gasteiger partial charge in [-0.2, -0.15) is 0 Å². The van der Waals surface area contributed by atoms with E-state index < -0.39 is 0 Å². The molecule has 1 nitrogen and oxygen atoms in total. The van der Waals surface area contributed by atoms with Crippen LogP contribution in [0.3, 0.4) is 0 Å². The van der Waals surface area contributed by atoms with Gasteiger partial charge in [0.15, 0.2) is 0 Å². The summed E-state index contributed by atoms with van der Waals surface area (Å²) in [6.45, 7) is 2.08. The fourth-order valence-corrected chi connectivity index (χ4v) is 3.11. The predicted molar refractivity (Wildman–Crippen MR) is 82.6 cm³/mol. The molecule has 0 bridgehead atoms. The maximum Gasteiger partial charge on any atom is 0.135 e. The Balaban J connectivity index is 1.85. The van der Waals surface area contributed by atoms with Crippen LogP contribution < -0.4 is 4.74 Å². The average Bonchev–Trinajstić information content (AvgIpc) is 2.87. The maximum atomic E-state index is 6.11. The topological polar surface area (TPSA) is 9.23 Å². The largest absolute Gasteiger partial charge is 0.457 e. The Hall–Kier alpha value is -2.28. The summed E-state index contributed by atoms with van der Waals surface area (Å²) in [5, 5.41) is 2.64. The number of aryl methyl sites for hydroxylation is 3. The van der Waals surface area contributed by atoms with Crippen molar-refractivity contribution in [2.75, 3.05) is 0 Å². The second kappa shape index (κ2) is 4.38. The molecule has 1 aliphatic carbocycles. The van der Waals surface area contributed by atoms with Crippen molar-refractivity contribution >= 4 is 10.8 Å². The van der Waals surface area contributed by atoms with E-state index in [-0.39, 0.29) is 0 Å². The number of hydrogen-bond acceptors (Lipinski definition) is 1. The van der Waals surface area contributed by atoms with Gasteiger partial charge in [0.25, 0.3) is 0 Å². The van der Waals surface area contributed by atoms with Crippen LogP contribution in [0.15, 0.2) is 54.6 Å². The Morgan fingerprint density at radius 3 is 2.50 bits per heavy atom. The molecule has 3 aromatic rings. The van der Waals surface area contributed by atoms with E-state index in [0.717, 1.165) is 24.3 Å². The van der Waals surface area contributed by atoms with Crippen LogP contribution in [0.5, 0.6) is 11.5 Å². The summed E-state index contributed by atoms with van der Waals surface area (Å²) in [6, 6.07) is 19.0. The van der Waals surface area contributed by atoms with Gasteiger partial charge in [0.1, 0.15) is 11.5 Å². The highest BCUT2D eigenvalue weighted by molar-refractivity contribution is 5.95. The molecular formula is C19H16O. The maximum absolute atomic E-state index is 6.11. The summed E-state index contributed by atoms with van der Waals surface area (Å²) in [6.07, 6.45) is 2.31. The molecule has 0 atom stereocenters. The molecule has 0 saturated heterocycles. The van der Waals surface area contributed by atoms with Gasteiger partial charge in [-0.3, -0.25) is 0 Å². The molecule has 0 heterocycles. The van der Waals surface area contributed by atoms with Gasteiger partial charge in [-0.15, -0.1) is 0 Å². The highest BCUT2D eigenvalue weighted by Gasteiger charge is 2.16. The van der Waals surface area contributed by atoms with Crippen LogP contribution >= 0.6 is 0 Å². The van der Waals surface area contributed by atoms with Crippen molar-refractivity contribution in [2.45, 2.75) is 19.8 Å². The van der Waals surface area contributed by atoms with Gasteiger partial charge in [0.2, 0.25) is 0 Å². The lowest BCUT2D eigenvalue weighted by Gasteiger charge is -2.11. The summed E-state index contributed by atoms with van der Waals surface area (Å²) < 4.78 is 6.11. The Bertz CT molecular complexity index is 792. The Morgan fingerprint density at radius 1 is 0.850 bits per heavy atom. The van der Waals surface area contributed by atoms with Gasteiger partial charge >= 0.3 is 0 Å². The van der Waals surface area contributed by atoms with Crippen LogP contribution in [-0.4, -0.2) is 0 Å². The lowest BCUT2D eigenvalue weighted by atomic mass is 10.0. The van der Waals surface area contributed by atoms with Crippen LogP contribution in [0.1, 0.15) is 16.7 Å². The standard InChI is InChI=1S/C19H16O/c1-13-4-2-6-16(12-13)20-18-11-10-15-9-8-14-5-3-7-17(18)19(14)15/h2-7,10-12H,8-9H2,1H3. The molecule has 0 aromatic heterocycles. The lowest BCUT2D eigenvalue weighted by Crippen LogP contribution is -1.88. The monoisotopic (exact) mass is 260 g/mol. The number of ether oxygens (including phenoxy) is 1. The first-order chi connectivity index (χ1) is 9.81. The SMILES string of the molecule is Cc1cccc(Oc2ccc3c4c(cccc24)CC3)c1. The third-order valence-corrected chi connectivity index (χ3v) is 4.05. The fourth-order valence-electron chi connectivity index (χ4n) is 3.11. The molecule has 3 aromatic carbocycles. The average molecular weight is 260 g/mol. The van der Waals surface area contributed by atoms with Crippen LogP contribution in [-0.2, 0) is 12.8 Å². The second-order valence-corrected chi connectivity index (χ2v) is 5.48. The molecule has 20 heavy (non-hydrogen) atoms. The molecule has 0 saturated carbocycles. The fraction of sp³-hybridized carbons (Fsp3) is 0.158. The Morgan fingerprint density at radius 2 is 1.65 bits per heavy atom. The van der Waals surface area contributed by atoms with Crippen molar-refractivity contribution in [1.82, 2.24) is 0 Å². The van der Waals surface area contributed by atoms with Crippen LogP contribution in [0, 0.1) is 6.92 Å². The van der Waals surface area contributed by atoms with Gasteiger partial charge < -0.3 is 4.74 Å². The zero-order valence-electron chi connectivity index (χ0n) is 11.5. The summed E-state index contributed by atoms with van der Waals surface area (Å²) in [5.74, 6) is 1.86. The third-order valence-electron chi connectivity index (χ3n) is 4.05. The first kappa shape index (κ1) is 11.5. The molecule has 0 spiro atoms. The van der Waals surface area contributed by atoms with Gasteiger partial charge in [0.05, 0.1) is 0 Å². The van der Waals surface area contributed by atoms with Crippen molar-refractivity contribution in [1.29, 1.82) is 0 Å². The van der Waals surface area contributed by atoms with E-state index in [0.29, 0.717) is 0 Å². The number of hydrogen-bond donors (Lipinski definition) is 0. The van der Waals surface area contributed by atoms with E-state index in [2.05, 4.69) is 49.4 Å². The number of rotatable bonds is 2. The molecule has 4 rings (SSSR count).